The minimum absolute atomic E-state index is 0.0480. The molecule has 4 aromatic rings. The molecule has 5 atom stereocenters. The number of alkyl halides is 2. The molecule has 4 amide bonds. The zero-order valence-corrected chi connectivity index (χ0v) is 29.1. The van der Waals surface area contributed by atoms with Gasteiger partial charge in [0.05, 0.1) is 56.1 Å². The molecule has 0 radical (unpaired) electrons. The molecular weight excluding hydrogens is 678 g/mol. The summed E-state index contributed by atoms with van der Waals surface area (Å²) in [6, 6.07) is 13.4. The van der Waals surface area contributed by atoms with Crippen LogP contribution >= 0.6 is 0 Å². The second-order valence-corrected chi connectivity index (χ2v) is 13.5. The van der Waals surface area contributed by atoms with E-state index in [1.807, 2.05) is 48.5 Å². The maximum atomic E-state index is 14.5. The van der Waals surface area contributed by atoms with Gasteiger partial charge in [-0.3, -0.25) is 9.59 Å². The molecule has 2 fully saturated rings. The van der Waals surface area contributed by atoms with Gasteiger partial charge in [-0.15, -0.1) is 0 Å². The van der Waals surface area contributed by atoms with Crippen molar-refractivity contribution in [2.75, 3.05) is 20.2 Å². The summed E-state index contributed by atoms with van der Waals surface area (Å²) in [6.07, 6.45) is -0.929. The van der Waals surface area contributed by atoms with Gasteiger partial charge in [0.2, 0.25) is 5.91 Å². The Morgan fingerprint density at radius 3 is 1.73 bits per heavy atom. The van der Waals surface area contributed by atoms with Crippen LogP contribution in [0.3, 0.4) is 0 Å². The van der Waals surface area contributed by atoms with E-state index in [1.165, 1.54) is 37.7 Å². The number of imidazole rings is 2. The molecule has 0 aliphatic carbocycles. The van der Waals surface area contributed by atoms with Crippen LogP contribution in [-0.2, 0) is 19.1 Å². The number of H-pyrrole nitrogens is 2. The molecule has 2 aliphatic heterocycles. The third-order valence-corrected chi connectivity index (χ3v) is 9.35. The van der Waals surface area contributed by atoms with Crippen molar-refractivity contribution < 1.29 is 37.4 Å². The Morgan fingerprint density at radius 2 is 1.27 bits per heavy atom. The second-order valence-electron chi connectivity index (χ2n) is 13.5. The van der Waals surface area contributed by atoms with Gasteiger partial charge in [-0.05, 0) is 43.0 Å². The fraction of sp³-hybridized carbons (Fsp3) is 0.389. The van der Waals surface area contributed by atoms with Gasteiger partial charge in [-0.25, -0.2) is 28.3 Å². The second kappa shape index (κ2) is 14.4. The summed E-state index contributed by atoms with van der Waals surface area (Å²) in [5.74, 6) is -0.131. The van der Waals surface area contributed by atoms with E-state index in [0.29, 0.717) is 23.0 Å². The van der Waals surface area contributed by atoms with Crippen LogP contribution in [0.5, 0.6) is 0 Å². The number of benzene rings is 2. The molecule has 4 heterocycles. The first-order valence-electron chi connectivity index (χ1n) is 16.8. The number of nitrogens with zero attached hydrogens (tertiary/aromatic N) is 4. The number of rotatable bonds is 9. The molecule has 16 heteroatoms. The summed E-state index contributed by atoms with van der Waals surface area (Å²) in [4.78, 5) is 67.2. The zero-order valence-electron chi connectivity index (χ0n) is 29.1. The van der Waals surface area contributed by atoms with E-state index in [2.05, 4.69) is 30.0 Å². The fourth-order valence-electron chi connectivity index (χ4n) is 6.73. The van der Waals surface area contributed by atoms with Crippen molar-refractivity contribution in [3.05, 3.63) is 72.6 Å². The summed E-state index contributed by atoms with van der Waals surface area (Å²) in [7, 11) is 1.20. The zero-order chi connectivity index (χ0) is 37.3. The molecule has 14 nitrogen and oxygen atoms in total. The number of carbonyl (C=O) groups excluding carboxylic acids is 4. The van der Waals surface area contributed by atoms with Crippen LogP contribution in [0.25, 0.3) is 33.6 Å². The number of nitrogens with two attached hydrogens (primary N) is 1. The summed E-state index contributed by atoms with van der Waals surface area (Å²) in [5, 5.41) is 2.43. The van der Waals surface area contributed by atoms with E-state index >= 15 is 0 Å². The molecule has 52 heavy (non-hydrogen) atoms. The van der Waals surface area contributed by atoms with Crippen molar-refractivity contribution in [3.8, 4) is 33.6 Å². The van der Waals surface area contributed by atoms with Crippen LogP contribution in [0.4, 0.5) is 18.4 Å². The van der Waals surface area contributed by atoms with Gasteiger partial charge in [-0.2, -0.15) is 0 Å². The molecule has 6 rings (SSSR count). The highest BCUT2D eigenvalue weighted by Gasteiger charge is 2.45. The lowest BCUT2D eigenvalue weighted by Crippen LogP contribution is -2.48. The van der Waals surface area contributed by atoms with Crippen molar-refractivity contribution in [2.45, 2.75) is 69.7 Å². The van der Waals surface area contributed by atoms with Crippen molar-refractivity contribution in [1.29, 1.82) is 0 Å². The standard InChI is InChI=1S/C36H40F2N8O6/c1-19(42-35(50)51-4)32(47)45-17-24(37)13-28(45)30-40-15-26(43-30)22-9-5-20(6-10-22)21-7-11-23(12-8-21)27-16-41-31(44-27)29-14-25(38)18-46(29)33(48)36(2,3)52-34(39)49/h5-12,15-16,19,24-25,28-29H,13-14,17-18H2,1-4H3,(H2,39,49)(H,40,43)(H,41,44)(H,42,50)/t19-,24-,25-,28-,29-/m0/s1. The summed E-state index contributed by atoms with van der Waals surface area (Å²) in [5.41, 5.74) is 8.54. The molecular formula is C36H40F2N8O6. The SMILES string of the molecule is COC(=O)N[C@@H](C)C(=O)N1C[C@@H](F)C[C@H]1c1ncc(-c2ccc(-c3ccc(-c4cnc([C@@H]5C[C@H](F)CN5C(=O)C(C)(C)OC(N)=O)[nH]4)cc3)cc2)[nH]1. The first-order chi connectivity index (χ1) is 24.7. The lowest BCUT2D eigenvalue weighted by molar-refractivity contribution is -0.149. The van der Waals surface area contributed by atoms with Gasteiger partial charge < -0.3 is 40.3 Å². The van der Waals surface area contributed by atoms with E-state index in [0.717, 1.165) is 22.3 Å². The average molecular weight is 719 g/mol. The van der Waals surface area contributed by atoms with Crippen molar-refractivity contribution >= 4 is 24.0 Å². The number of halogens is 2. The molecule has 5 N–H and O–H groups in total. The Kier molecular flexibility index (Phi) is 10.00. The molecule has 0 saturated carbocycles. The summed E-state index contributed by atoms with van der Waals surface area (Å²) >= 11 is 0. The number of hydrogen-bond donors (Lipinski definition) is 4. The topological polar surface area (TPSA) is 189 Å². The number of hydrogen-bond acceptors (Lipinski definition) is 8. The highest BCUT2D eigenvalue weighted by Crippen LogP contribution is 2.37. The Hall–Kier alpha value is -5.80. The van der Waals surface area contributed by atoms with Crippen LogP contribution in [-0.4, -0.2) is 97.9 Å². The monoisotopic (exact) mass is 718 g/mol. The Balaban J connectivity index is 1.12. The maximum absolute atomic E-state index is 14.5. The fourth-order valence-corrected chi connectivity index (χ4v) is 6.73. The van der Waals surface area contributed by atoms with Crippen molar-refractivity contribution in [3.63, 3.8) is 0 Å². The molecule has 2 saturated heterocycles. The quantitative estimate of drug-likeness (QED) is 0.187. The van der Waals surface area contributed by atoms with Crippen LogP contribution in [0, 0.1) is 0 Å². The number of amides is 4. The van der Waals surface area contributed by atoms with Crippen LogP contribution < -0.4 is 11.1 Å². The minimum atomic E-state index is -1.57. The largest absolute Gasteiger partial charge is 0.453 e. The number of aromatic amines is 2. The predicted molar refractivity (Wildman–Crippen MR) is 185 cm³/mol. The number of nitrogens with one attached hydrogen (secondary N) is 3. The number of carbonyl (C=O) groups is 4. The first-order valence-corrected chi connectivity index (χ1v) is 16.8. The third kappa shape index (κ3) is 7.45. The molecule has 274 valence electrons. The number of ether oxygens (including phenoxy) is 2. The van der Waals surface area contributed by atoms with E-state index in [-0.39, 0.29) is 25.9 Å². The third-order valence-electron chi connectivity index (χ3n) is 9.35. The lowest BCUT2D eigenvalue weighted by Gasteiger charge is -2.31. The average Bonchev–Trinajstić information content (AvgIpc) is 3.93. The highest BCUT2D eigenvalue weighted by molar-refractivity contribution is 5.87. The van der Waals surface area contributed by atoms with Gasteiger partial charge in [0, 0.05) is 12.8 Å². The van der Waals surface area contributed by atoms with E-state index in [9.17, 15) is 28.0 Å². The first kappa shape index (κ1) is 36.0. The van der Waals surface area contributed by atoms with Crippen molar-refractivity contribution in [1.82, 2.24) is 35.1 Å². The molecule has 0 bridgehead atoms. The number of alkyl carbamates (subject to hydrolysis) is 1. The van der Waals surface area contributed by atoms with Crippen LogP contribution in [0.1, 0.15) is 57.3 Å². The van der Waals surface area contributed by atoms with Crippen LogP contribution in [0.15, 0.2) is 60.9 Å². The maximum Gasteiger partial charge on any atom is 0.407 e. The molecule has 0 spiro atoms. The Bertz CT molecular complexity index is 1950. The molecule has 0 unspecified atom stereocenters. The number of aromatic nitrogens is 4. The molecule has 2 aromatic heterocycles. The van der Waals surface area contributed by atoms with Crippen molar-refractivity contribution in [2.24, 2.45) is 5.73 Å². The smallest absolute Gasteiger partial charge is 0.407 e. The number of likely N-dealkylation sites (tertiary alicyclic amines) is 2. The lowest BCUT2D eigenvalue weighted by atomic mass is 10.0. The summed E-state index contributed by atoms with van der Waals surface area (Å²) < 4.78 is 38.6. The van der Waals surface area contributed by atoms with Gasteiger partial charge in [-0.1, -0.05) is 48.5 Å². The van der Waals surface area contributed by atoms with E-state index in [1.54, 1.807) is 12.4 Å². The van der Waals surface area contributed by atoms with Gasteiger partial charge in [0.15, 0.2) is 5.60 Å². The highest BCUT2D eigenvalue weighted by atomic mass is 19.1. The minimum Gasteiger partial charge on any atom is -0.453 e. The number of methoxy groups -OCH3 is 1. The number of primary amides is 1. The Labute approximate surface area is 298 Å². The van der Waals surface area contributed by atoms with E-state index in [4.69, 9.17) is 10.5 Å². The van der Waals surface area contributed by atoms with Crippen LogP contribution in [0.2, 0.25) is 0 Å². The molecule has 2 aliphatic rings. The summed E-state index contributed by atoms with van der Waals surface area (Å²) in [6.45, 7) is 4.08. The molecule has 2 aromatic carbocycles. The van der Waals surface area contributed by atoms with E-state index < -0.39 is 60.1 Å². The van der Waals surface area contributed by atoms with Gasteiger partial charge in [0.25, 0.3) is 5.91 Å². The predicted octanol–water partition coefficient (Wildman–Crippen LogP) is 4.98. The Morgan fingerprint density at radius 1 is 0.827 bits per heavy atom. The normalized spacial score (nSPS) is 20.8. The van der Waals surface area contributed by atoms with Gasteiger partial charge in [0.1, 0.15) is 30.0 Å². The van der Waals surface area contributed by atoms with Gasteiger partial charge >= 0.3 is 12.2 Å².